The number of benzene rings is 2. The summed E-state index contributed by atoms with van der Waals surface area (Å²) in [5.41, 5.74) is 10.8. The number of fused-ring (bicyclic) bond motifs is 1. The van der Waals surface area contributed by atoms with Gasteiger partial charge in [0, 0.05) is 55.4 Å². The van der Waals surface area contributed by atoms with Crippen LogP contribution in [-0.4, -0.2) is 58.7 Å². The zero-order valence-electron chi connectivity index (χ0n) is 30.3. The Kier molecular flexibility index (Phi) is 14.8. The highest BCUT2D eigenvalue weighted by molar-refractivity contribution is 6.08. The Morgan fingerprint density at radius 3 is 2.45 bits per heavy atom. The van der Waals surface area contributed by atoms with Crippen LogP contribution in [0.25, 0.3) is 6.08 Å². The molecule has 0 bridgehead atoms. The van der Waals surface area contributed by atoms with Crippen molar-refractivity contribution in [2.45, 2.75) is 58.7 Å². The van der Waals surface area contributed by atoms with Crippen LogP contribution in [0.15, 0.2) is 115 Å². The first-order chi connectivity index (χ1) is 25.6. The number of rotatable bonds is 17. The summed E-state index contributed by atoms with van der Waals surface area (Å²) in [6, 6.07) is 15.0. The molecule has 4 rings (SSSR count). The smallest absolute Gasteiger partial charge is 0.408 e. The van der Waals surface area contributed by atoms with Gasteiger partial charge in [0.15, 0.2) is 0 Å². The van der Waals surface area contributed by atoms with Gasteiger partial charge in [-0.2, -0.15) is 0 Å². The van der Waals surface area contributed by atoms with Gasteiger partial charge in [-0.1, -0.05) is 81.6 Å². The molecule has 53 heavy (non-hydrogen) atoms. The number of nitrogens with zero attached hydrogens (tertiary/aromatic N) is 3. The number of ether oxygens (including phenoxy) is 1. The van der Waals surface area contributed by atoms with Crippen LogP contribution >= 0.6 is 0 Å². The molecule has 12 heteroatoms. The van der Waals surface area contributed by atoms with Crippen molar-refractivity contribution in [1.29, 1.82) is 0 Å². The fraction of sp³-hybridized carbons (Fsp3) is 0.268. The molecule has 1 aliphatic heterocycles. The van der Waals surface area contributed by atoms with Gasteiger partial charge in [-0.25, -0.2) is 9.79 Å². The molecule has 1 aliphatic rings. The number of pyridine rings is 1. The number of amides is 4. The molecule has 3 aromatic rings. The maximum absolute atomic E-state index is 13.3. The van der Waals surface area contributed by atoms with Gasteiger partial charge in [0.25, 0.3) is 5.91 Å². The molecular formula is C41H47N7O5. The largest absolute Gasteiger partial charge is 0.445 e. The standard InChI is InChI=1S/C41H47N7O5/c1-5-12-28(8-4)20-36(47-41(52)53-27-29-13-10-9-11-14-29)39(50)44-25-30-19-34(26-43-24-30)45-38(49)32-16-15-31-21-33(23-37(42)46-35(31)22-32)40(51)48(17-6-2)18-7-3/h5,8-16,19,21-22,24,26,36H,1,4,6-7,17-18,20,23,25,27H2,2-3H3,(H2,42,46)(H,44,50)(H,45,49)(H,47,52)/b28-12+. The monoisotopic (exact) mass is 717 g/mol. The van der Waals surface area contributed by atoms with E-state index >= 15 is 0 Å². The fourth-order valence-electron chi connectivity index (χ4n) is 5.62. The minimum atomic E-state index is -0.973. The first kappa shape index (κ1) is 39.5. The number of nitrogens with two attached hydrogens (primary N) is 1. The first-order valence-corrected chi connectivity index (χ1v) is 17.5. The predicted octanol–water partition coefficient (Wildman–Crippen LogP) is 6.36. The molecule has 1 unspecified atom stereocenters. The van der Waals surface area contributed by atoms with Crippen LogP contribution in [0.1, 0.15) is 66.6 Å². The highest BCUT2D eigenvalue weighted by atomic mass is 16.5. The van der Waals surface area contributed by atoms with Crippen molar-refractivity contribution in [3.63, 3.8) is 0 Å². The van der Waals surface area contributed by atoms with Gasteiger partial charge in [0.1, 0.15) is 18.5 Å². The average Bonchev–Trinajstić information content (AvgIpc) is 3.33. The molecule has 0 spiro atoms. The van der Waals surface area contributed by atoms with Crippen LogP contribution in [0.5, 0.6) is 0 Å². The molecule has 0 aliphatic carbocycles. The summed E-state index contributed by atoms with van der Waals surface area (Å²) in [7, 11) is 0. The van der Waals surface area contributed by atoms with Crippen molar-refractivity contribution < 1.29 is 23.9 Å². The van der Waals surface area contributed by atoms with E-state index in [4.69, 9.17) is 10.5 Å². The second-order valence-corrected chi connectivity index (χ2v) is 12.4. The number of aromatic nitrogens is 1. The van der Waals surface area contributed by atoms with E-state index in [0.29, 0.717) is 52.3 Å². The van der Waals surface area contributed by atoms with E-state index in [9.17, 15) is 19.2 Å². The Hall–Kier alpha value is -6.30. The van der Waals surface area contributed by atoms with E-state index in [2.05, 4.69) is 39.1 Å². The Bertz CT molecular complexity index is 1900. The molecule has 5 N–H and O–H groups in total. The van der Waals surface area contributed by atoms with Gasteiger partial charge in [-0.05, 0) is 53.8 Å². The van der Waals surface area contributed by atoms with Gasteiger partial charge >= 0.3 is 6.09 Å². The lowest BCUT2D eigenvalue weighted by Gasteiger charge is -2.22. The molecule has 1 atom stereocenters. The normalized spacial score (nSPS) is 12.8. The lowest BCUT2D eigenvalue weighted by atomic mass is 10.0. The fourth-order valence-corrected chi connectivity index (χ4v) is 5.62. The quantitative estimate of drug-likeness (QED) is 0.118. The highest BCUT2D eigenvalue weighted by Crippen LogP contribution is 2.29. The third-order valence-corrected chi connectivity index (χ3v) is 8.18. The first-order valence-electron chi connectivity index (χ1n) is 17.5. The van der Waals surface area contributed by atoms with Crippen molar-refractivity contribution >= 4 is 47.1 Å². The van der Waals surface area contributed by atoms with E-state index in [1.165, 1.54) is 6.20 Å². The maximum Gasteiger partial charge on any atom is 0.408 e. The zero-order valence-corrected chi connectivity index (χ0v) is 30.3. The lowest BCUT2D eigenvalue weighted by molar-refractivity contribution is -0.127. The van der Waals surface area contributed by atoms with Crippen LogP contribution in [0.4, 0.5) is 16.2 Å². The number of alkyl carbamates (subject to hydrolysis) is 1. The predicted molar refractivity (Wildman–Crippen MR) is 208 cm³/mol. The summed E-state index contributed by atoms with van der Waals surface area (Å²) < 4.78 is 5.34. The molecule has 0 saturated heterocycles. The molecule has 2 heterocycles. The number of carbonyl (C=O) groups is 4. The van der Waals surface area contributed by atoms with Crippen LogP contribution < -0.4 is 21.7 Å². The van der Waals surface area contributed by atoms with Gasteiger partial charge in [-0.3, -0.25) is 19.4 Å². The average molecular weight is 718 g/mol. The summed E-state index contributed by atoms with van der Waals surface area (Å²) in [4.78, 5) is 63.2. The molecule has 0 saturated carbocycles. The Balaban J connectivity index is 1.42. The Labute approximate surface area is 310 Å². The molecule has 12 nitrogen and oxygen atoms in total. The van der Waals surface area contributed by atoms with Crippen molar-refractivity contribution in [3.05, 3.63) is 132 Å². The van der Waals surface area contributed by atoms with E-state index in [-0.39, 0.29) is 37.7 Å². The summed E-state index contributed by atoms with van der Waals surface area (Å²) >= 11 is 0. The van der Waals surface area contributed by atoms with Gasteiger partial charge in [-0.15, -0.1) is 0 Å². The molecule has 0 fully saturated rings. The van der Waals surface area contributed by atoms with Gasteiger partial charge in [0.2, 0.25) is 11.8 Å². The molecule has 0 radical (unpaired) electrons. The molecule has 1 aromatic heterocycles. The van der Waals surface area contributed by atoms with Crippen molar-refractivity contribution in [1.82, 2.24) is 20.5 Å². The number of hydrogen-bond acceptors (Lipinski definition) is 8. The minimum absolute atomic E-state index is 0.0465. The van der Waals surface area contributed by atoms with Crippen LogP contribution in [0, 0.1) is 0 Å². The number of amidine groups is 1. The van der Waals surface area contributed by atoms with Crippen molar-refractivity contribution in [3.8, 4) is 0 Å². The second-order valence-electron chi connectivity index (χ2n) is 12.4. The molecule has 276 valence electrons. The number of allylic oxidation sites excluding steroid dienone is 3. The van der Waals surface area contributed by atoms with Crippen molar-refractivity contribution in [2.75, 3.05) is 18.4 Å². The topological polar surface area (TPSA) is 168 Å². The molecular weight excluding hydrogens is 670 g/mol. The second kappa shape index (κ2) is 19.9. The van der Waals surface area contributed by atoms with E-state index in [0.717, 1.165) is 18.4 Å². The number of hydrogen-bond donors (Lipinski definition) is 4. The van der Waals surface area contributed by atoms with Gasteiger partial charge in [0.05, 0.1) is 17.6 Å². The van der Waals surface area contributed by atoms with Gasteiger partial charge < -0.3 is 31.3 Å². The summed E-state index contributed by atoms with van der Waals surface area (Å²) in [6.45, 7) is 13.0. The van der Waals surface area contributed by atoms with E-state index in [1.807, 2.05) is 49.1 Å². The van der Waals surface area contributed by atoms with Crippen LogP contribution in [-0.2, 0) is 27.5 Å². The van der Waals surface area contributed by atoms with Crippen LogP contribution in [0.2, 0.25) is 0 Å². The SMILES string of the molecule is C=C/C=C(\C=C)CC(NC(=O)OCc1ccccc1)C(=O)NCc1cncc(NC(=O)c2ccc3c(c2)N=C(N)CC(C(=O)N(CCC)CCC)=C3)c1. The van der Waals surface area contributed by atoms with Crippen molar-refractivity contribution in [2.24, 2.45) is 10.7 Å². The maximum atomic E-state index is 13.3. The van der Waals surface area contributed by atoms with Crippen LogP contribution in [0.3, 0.4) is 0 Å². The third-order valence-electron chi connectivity index (χ3n) is 8.18. The summed E-state index contributed by atoms with van der Waals surface area (Å²) in [5, 5.41) is 8.32. The summed E-state index contributed by atoms with van der Waals surface area (Å²) in [6.07, 6.45) is 11.0. The molecule has 2 aromatic carbocycles. The number of aliphatic imine (C=N–C) groups is 1. The number of anilines is 1. The highest BCUT2D eigenvalue weighted by Gasteiger charge is 2.23. The number of carbonyl (C=O) groups excluding carboxylic acids is 4. The summed E-state index contributed by atoms with van der Waals surface area (Å²) in [5.74, 6) is -0.647. The molecule has 4 amide bonds. The van der Waals surface area contributed by atoms with E-state index < -0.39 is 23.9 Å². The Morgan fingerprint density at radius 2 is 1.75 bits per heavy atom. The number of nitrogens with one attached hydrogen (secondary N) is 3. The lowest BCUT2D eigenvalue weighted by Crippen LogP contribution is -2.46. The van der Waals surface area contributed by atoms with E-state index in [1.54, 1.807) is 54.8 Å². The minimum Gasteiger partial charge on any atom is -0.445 e. The zero-order chi connectivity index (χ0) is 38.2. The third kappa shape index (κ3) is 11.9. The Morgan fingerprint density at radius 1 is 1.00 bits per heavy atom.